The summed E-state index contributed by atoms with van der Waals surface area (Å²) < 4.78 is 5.00. The molecule has 0 aromatic carbocycles. The zero-order valence-corrected chi connectivity index (χ0v) is 23.2. The van der Waals surface area contributed by atoms with E-state index in [-0.39, 0.29) is 35.6 Å². The predicted octanol–water partition coefficient (Wildman–Crippen LogP) is 3.81. The number of hydrogen-bond donors (Lipinski definition) is 1. The van der Waals surface area contributed by atoms with E-state index in [1.165, 1.54) is 0 Å². The fraction of sp³-hybridized carbons (Fsp3) is 0.750. The maximum atomic E-state index is 14.3. The minimum absolute atomic E-state index is 0.0183. The minimum Gasteiger partial charge on any atom is -0.465 e. The zero-order valence-electron chi connectivity index (χ0n) is 22.4. The third-order valence-electron chi connectivity index (χ3n) is 7.99. The molecule has 3 aliphatic rings. The van der Waals surface area contributed by atoms with Crippen molar-refractivity contribution in [3.63, 3.8) is 0 Å². The van der Waals surface area contributed by atoms with Crippen LogP contribution in [-0.4, -0.2) is 80.6 Å². The first kappa shape index (κ1) is 28.8. The lowest BCUT2D eigenvalue weighted by atomic mass is 9.66. The summed E-state index contributed by atoms with van der Waals surface area (Å²) in [6.07, 6.45) is 7.93. The molecule has 0 aliphatic carbocycles. The van der Waals surface area contributed by atoms with Crippen LogP contribution in [0.15, 0.2) is 25.3 Å². The van der Waals surface area contributed by atoms with Gasteiger partial charge in [-0.25, -0.2) is 0 Å². The highest BCUT2D eigenvalue weighted by atomic mass is 32.2. The Labute approximate surface area is 220 Å². The molecular weight excluding hydrogens is 476 g/mol. The van der Waals surface area contributed by atoms with Crippen LogP contribution in [0.3, 0.4) is 0 Å². The van der Waals surface area contributed by atoms with E-state index in [0.29, 0.717) is 39.0 Å². The number of amides is 2. The standard InChI is InChI=1S/C28H44N2O5S/c1-7-9-13-17-35-26(34)21-20-18-19(3)28(36-20)22(21)24(32)29(15-11-10-12-16-31)23(28)25(33)30(14-8-2)27(4,5)6/h7-8,19-23,31H,1-2,9-18H2,3-6H3/t19?,20-,21+,22+,23?,28?/m1/s1. The Kier molecular flexibility index (Phi) is 9.36. The molecule has 0 aromatic heterocycles. The molecule has 3 unspecified atom stereocenters. The number of aliphatic hydroxyl groups is 1. The van der Waals surface area contributed by atoms with E-state index < -0.39 is 28.2 Å². The molecule has 0 aromatic rings. The van der Waals surface area contributed by atoms with Gasteiger partial charge in [0.2, 0.25) is 11.8 Å². The number of nitrogens with zero attached hydrogens (tertiary/aromatic N) is 2. The first-order valence-corrected chi connectivity index (χ1v) is 14.2. The van der Waals surface area contributed by atoms with Crippen LogP contribution in [0.4, 0.5) is 0 Å². The van der Waals surface area contributed by atoms with E-state index in [4.69, 9.17) is 4.74 Å². The summed E-state index contributed by atoms with van der Waals surface area (Å²) in [5.41, 5.74) is -0.445. The summed E-state index contributed by atoms with van der Waals surface area (Å²) in [6, 6.07) is -0.633. The third kappa shape index (κ3) is 5.13. The van der Waals surface area contributed by atoms with E-state index in [1.807, 2.05) is 25.7 Å². The summed E-state index contributed by atoms with van der Waals surface area (Å²) in [7, 11) is 0. The van der Waals surface area contributed by atoms with Crippen molar-refractivity contribution in [2.45, 2.75) is 87.8 Å². The molecule has 1 spiro atoms. The normalized spacial score (nSPS) is 30.9. The molecule has 0 saturated carbocycles. The quantitative estimate of drug-likeness (QED) is 0.226. The number of aliphatic hydroxyl groups excluding tert-OH is 1. The lowest BCUT2D eigenvalue weighted by Gasteiger charge is -2.44. The van der Waals surface area contributed by atoms with Crippen molar-refractivity contribution in [2.75, 3.05) is 26.3 Å². The number of unbranched alkanes of at least 4 members (excludes halogenated alkanes) is 3. The van der Waals surface area contributed by atoms with Crippen LogP contribution >= 0.6 is 11.8 Å². The highest BCUT2D eigenvalue weighted by molar-refractivity contribution is 8.02. The molecule has 3 rings (SSSR count). The van der Waals surface area contributed by atoms with Gasteiger partial charge < -0.3 is 19.6 Å². The smallest absolute Gasteiger partial charge is 0.310 e. The van der Waals surface area contributed by atoms with Crippen LogP contribution in [0.1, 0.15) is 66.2 Å². The molecule has 3 aliphatic heterocycles. The highest BCUT2D eigenvalue weighted by Gasteiger charge is 2.76. The van der Waals surface area contributed by atoms with Crippen LogP contribution in [0, 0.1) is 17.8 Å². The molecule has 3 fully saturated rings. The average molecular weight is 521 g/mol. The first-order valence-electron chi connectivity index (χ1n) is 13.3. The van der Waals surface area contributed by atoms with Gasteiger partial charge in [0.25, 0.3) is 0 Å². The van der Waals surface area contributed by atoms with Crippen molar-refractivity contribution in [3.8, 4) is 0 Å². The number of esters is 1. The van der Waals surface area contributed by atoms with Crippen LogP contribution in [0.5, 0.6) is 0 Å². The Hall–Kier alpha value is -1.80. The van der Waals surface area contributed by atoms with Gasteiger partial charge >= 0.3 is 5.97 Å². The van der Waals surface area contributed by atoms with E-state index in [1.54, 1.807) is 28.8 Å². The minimum atomic E-state index is -0.648. The molecule has 36 heavy (non-hydrogen) atoms. The van der Waals surface area contributed by atoms with Crippen molar-refractivity contribution in [1.82, 2.24) is 9.80 Å². The number of allylic oxidation sites excluding steroid dienone is 1. The van der Waals surface area contributed by atoms with E-state index in [0.717, 1.165) is 19.3 Å². The van der Waals surface area contributed by atoms with Gasteiger partial charge in [-0.05, 0) is 65.2 Å². The van der Waals surface area contributed by atoms with Crippen molar-refractivity contribution >= 4 is 29.5 Å². The Bertz CT molecular complexity index is 855. The topological polar surface area (TPSA) is 87.1 Å². The second kappa shape index (κ2) is 11.7. The number of hydrogen-bond acceptors (Lipinski definition) is 6. The third-order valence-corrected chi connectivity index (χ3v) is 10.1. The highest BCUT2D eigenvalue weighted by Crippen LogP contribution is 2.68. The second-order valence-corrected chi connectivity index (χ2v) is 12.9. The predicted molar refractivity (Wildman–Crippen MR) is 143 cm³/mol. The molecule has 202 valence electrons. The number of thioether (sulfide) groups is 1. The molecule has 3 saturated heterocycles. The van der Waals surface area contributed by atoms with Crippen LogP contribution < -0.4 is 0 Å². The largest absolute Gasteiger partial charge is 0.465 e. The monoisotopic (exact) mass is 520 g/mol. The summed E-state index contributed by atoms with van der Waals surface area (Å²) in [5.74, 6) is -1.44. The number of ether oxygens (including phenoxy) is 1. The zero-order chi connectivity index (χ0) is 26.7. The summed E-state index contributed by atoms with van der Waals surface area (Å²) in [6.45, 7) is 16.9. The van der Waals surface area contributed by atoms with Crippen LogP contribution in [-0.2, 0) is 19.1 Å². The lowest BCUT2D eigenvalue weighted by Crippen LogP contribution is -2.60. The van der Waals surface area contributed by atoms with Gasteiger partial charge in [-0.3, -0.25) is 14.4 Å². The Morgan fingerprint density at radius 2 is 1.94 bits per heavy atom. The molecule has 7 nitrogen and oxygen atoms in total. The number of fused-ring (bicyclic) bond motifs is 1. The Balaban J connectivity index is 1.98. The Morgan fingerprint density at radius 1 is 1.22 bits per heavy atom. The summed E-state index contributed by atoms with van der Waals surface area (Å²) >= 11 is 1.68. The number of rotatable bonds is 13. The van der Waals surface area contributed by atoms with Gasteiger partial charge in [0.15, 0.2) is 0 Å². The van der Waals surface area contributed by atoms with Gasteiger partial charge in [0.05, 0.1) is 23.2 Å². The van der Waals surface area contributed by atoms with E-state index >= 15 is 0 Å². The maximum Gasteiger partial charge on any atom is 0.310 e. The number of likely N-dealkylation sites (tertiary alicyclic amines) is 1. The SMILES string of the molecule is C=CCCCOC(=O)[C@@H]1[C@H]2C(=O)N(CCCCCO)C(C(=O)N(CC=C)C(C)(C)C)C23S[C@@H]1CC3C. The van der Waals surface area contributed by atoms with E-state index in [9.17, 15) is 19.5 Å². The summed E-state index contributed by atoms with van der Waals surface area (Å²) in [5, 5.41) is 9.19. The van der Waals surface area contributed by atoms with Gasteiger partial charge in [-0.1, -0.05) is 19.1 Å². The number of carbonyl (C=O) groups excluding carboxylic acids is 3. The molecule has 2 bridgehead atoms. The van der Waals surface area contributed by atoms with Crippen LogP contribution in [0.25, 0.3) is 0 Å². The van der Waals surface area contributed by atoms with Crippen molar-refractivity contribution in [2.24, 2.45) is 17.8 Å². The fourth-order valence-corrected chi connectivity index (χ4v) is 8.75. The van der Waals surface area contributed by atoms with Crippen LogP contribution in [0.2, 0.25) is 0 Å². The summed E-state index contributed by atoms with van der Waals surface area (Å²) in [4.78, 5) is 45.3. The molecular formula is C28H44N2O5S. The molecule has 1 N–H and O–H groups in total. The molecule has 8 heteroatoms. The molecule has 6 atom stereocenters. The maximum absolute atomic E-state index is 14.3. The molecule has 0 radical (unpaired) electrons. The van der Waals surface area contributed by atoms with E-state index in [2.05, 4.69) is 20.1 Å². The molecule has 3 heterocycles. The van der Waals surface area contributed by atoms with Gasteiger partial charge in [-0.2, -0.15) is 0 Å². The molecule has 2 amide bonds. The van der Waals surface area contributed by atoms with Gasteiger partial charge in [-0.15, -0.1) is 24.9 Å². The van der Waals surface area contributed by atoms with Gasteiger partial charge in [0, 0.05) is 30.5 Å². The van der Waals surface area contributed by atoms with Crippen molar-refractivity contribution < 1.29 is 24.2 Å². The average Bonchev–Trinajstić information content (AvgIpc) is 3.40. The Morgan fingerprint density at radius 3 is 2.56 bits per heavy atom. The fourth-order valence-electron chi connectivity index (χ4n) is 6.35. The van der Waals surface area contributed by atoms with Crippen molar-refractivity contribution in [3.05, 3.63) is 25.3 Å². The lowest BCUT2D eigenvalue weighted by molar-refractivity contribution is -0.154. The second-order valence-electron chi connectivity index (χ2n) is 11.4. The first-order chi connectivity index (χ1) is 17.1. The van der Waals surface area contributed by atoms with Gasteiger partial charge in [0.1, 0.15) is 6.04 Å². The van der Waals surface area contributed by atoms with Crippen molar-refractivity contribution in [1.29, 1.82) is 0 Å². The number of carbonyl (C=O) groups is 3.